The average Bonchev–Trinajstić information content (AvgIpc) is 3.39. The highest BCUT2D eigenvalue weighted by Gasteiger charge is 2.41. The third kappa shape index (κ3) is 4.26. The van der Waals surface area contributed by atoms with Gasteiger partial charge in [0.05, 0.1) is 18.1 Å². The molecule has 1 aromatic heterocycles. The highest BCUT2D eigenvalue weighted by molar-refractivity contribution is 5.35. The lowest BCUT2D eigenvalue weighted by molar-refractivity contribution is 0.118. The summed E-state index contributed by atoms with van der Waals surface area (Å²) in [6, 6.07) is 18.4. The Balaban J connectivity index is 1.47. The second kappa shape index (κ2) is 8.47. The van der Waals surface area contributed by atoms with Crippen LogP contribution in [0.4, 0.5) is 0 Å². The lowest BCUT2D eigenvalue weighted by atomic mass is 9.78. The van der Waals surface area contributed by atoms with Gasteiger partial charge in [-0.3, -0.25) is 4.90 Å². The summed E-state index contributed by atoms with van der Waals surface area (Å²) in [5.74, 6) is 1.40. The summed E-state index contributed by atoms with van der Waals surface area (Å²) >= 11 is 0. The first-order valence-corrected chi connectivity index (χ1v) is 10.4. The molecule has 29 heavy (non-hydrogen) atoms. The highest BCUT2D eigenvalue weighted by Crippen LogP contribution is 2.45. The Morgan fingerprint density at radius 3 is 2.45 bits per heavy atom. The van der Waals surface area contributed by atoms with Crippen LogP contribution in [0.25, 0.3) is 0 Å². The highest BCUT2D eigenvalue weighted by atomic mass is 16.5. The van der Waals surface area contributed by atoms with Gasteiger partial charge in [-0.05, 0) is 37.9 Å². The molecule has 0 spiro atoms. The van der Waals surface area contributed by atoms with Crippen molar-refractivity contribution in [3.05, 3.63) is 83.0 Å². The number of benzene rings is 2. The van der Waals surface area contributed by atoms with Crippen molar-refractivity contribution in [3.8, 4) is 0 Å². The van der Waals surface area contributed by atoms with Crippen LogP contribution in [0, 0.1) is 6.92 Å². The van der Waals surface area contributed by atoms with Gasteiger partial charge in [-0.25, -0.2) is 0 Å². The molecule has 5 nitrogen and oxygen atoms in total. The van der Waals surface area contributed by atoms with Crippen molar-refractivity contribution in [3.63, 3.8) is 0 Å². The summed E-state index contributed by atoms with van der Waals surface area (Å²) in [5, 5.41) is 14.8. The minimum Gasteiger partial charge on any atom is -0.387 e. The maximum Gasteiger partial charge on any atom is 0.240 e. The van der Waals surface area contributed by atoms with E-state index in [9.17, 15) is 5.11 Å². The van der Waals surface area contributed by atoms with E-state index in [-0.39, 0.29) is 5.41 Å². The molecule has 0 radical (unpaired) electrons. The first kappa shape index (κ1) is 19.8. The first-order valence-electron chi connectivity index (χ1n) is 10.4. The van der Waals surface area contributed by atoms with Gasteiger partial charge in [0.15, 0.2) is 5.82 Å². The fraction of sp³-hybridized carbons (Fsp3) is 0.417. The molecular formula is C24H29N3O2. The van der Waals surface area contributed by atoms with Gasteiger partial charge in [0.1, 0.15) is 0 Å². The van der Waals surface area contributed by atoms with Crippen molar-refractivity contribution in [2.45, 2.75) is 50.7 Å². The molecule has 5 heteroatoms. The molecule has 3 aromatic rings. The van der Waals surface area contributed by atoms with E-state index in [1.54, 1.807) is 0 Å². The molecule has 0 unspecified atom stereocenters. The Kier molecular flexibility index (Phi) is 5.79. The lowest BCUT2D eigenvalue weighted by Crippen LogP contribution is -2.26. The van der Waals surface area contributed by atoms with Crippen molar-refractivity contribution in [2.75, 3.05) is 13.6 Å². The Hall–Kier alpha value is -2.50. The van der Waals surface area contributed by atoms with Crippen molar-refractivity contribution >= 4 is 0 Å². The number of hydrogen-bond donors (Lipinski definition) is 1. The first-order chi connectivity index (χ1) is 14.1. The molecule has 1 N–H and O–H groups in total. The molecular weight excluding hydrogens is 362 g/mol. The van der Waals surface area contributed by atoms with Gasteiger partial charge in [0.25, 0.3) is 0 Å². The Morgan fingerprint density at radius 1 is 1.07 bits per heavy atom. The van der Waals surface area contributed by atoms with Crippen LogP contribution in [-0.2, 0) is 12.0 Å². The number of likely N-dealkylation sites (N-methyl/N-ethyl adjacent to an activating group) is 1. The van der Waals surface area contributed by atoms with Crippen LogP contribution >= 0.6 is 0 Å². The smallest absolute Gasteiger partial charge is 0.240 e. The van der Waals surface area contributed by atoms with Gasteiger partial charge in [-0.1, -0.05) is 78.2 Å². The fourth-order valence-electron chi connectivity index (χ4n) is 4.38. The predicted molar refractivity (Wildman–Crippen MR) is 112 cm³/mol. The number of aliphatic hydroxyl groups excluding tert-OH is 1. The summed E-state index contributed by atoms with van der Waals surface area (Å²) in [5.41, 5.74) is 3.31. The molecule has 1 atom stereocenters. The van der Waals surface area contributed by atoms with E-state index in [2.05, 4.69) is 36.3 Å². The zero-order valence-electron chi connectivity index (χ0n) is 17.2. The molecule has 152 valence electrons. The molecule has 0 aliphatic heterocycles. The number of aryl methyl sites for hydroxylation is 1. The molecule has 1 fully saturated rings. The number of nitrogens with zero attached hydrogens (tertiary/aromatic N) is 3. The summed E-state index contributed by atoms with van der Waals surface area (Å²) in [7, 11) is 1.96. The predicted octanol–water partition coefficient (Wildman–Crippen LogP) is 4.40. The number of hydrogen-bond acceptors (Lipinski definition) is 5. The largest absolute Gasteiger partial charge is 0.387 e. The molecule has 4 rings (SSSR count). The van der Waals surface area contributed by atoms with Crippen molar-refractivity contribution in [1.82, 2.24) is 15.0 Å². The Bertz CT molecular complexity index is 915. The van der Waals surface area contributed by atoms with Gasteiger partial charge in [-0.2, -0.15) is 4.98 Å². The monoisotopic (exact) mass is 391 g/mol. The van der Waals surface area contributed by atoms with E-state index >= 15 is 0 Å². The molecule has 2 aromatic carbocycles. The lowest BCUT2D eigenvalue weighted by Gasteiger charge is -2.26. The van der Waals surface area contributed by atoms with E-state index in [1.807, 2.05) is 42.3 Å². The minimum absolute atomic E-state index is 0.141. The second-order valence-corrected chi connectivity index (χ2v) is 8.29. The van der Waals surface area contributed by atoms with Crippen LogP contribution in [0.15, 0.2) is 59.1 Å². The number of aromatic nitrogens is 2. The van der Waals surface area contributed by atoms with Crippen LogP contribution in [0.2, 0.25) is 0 Å². The van der Waals surface area contributed by atoms with Crippen LogP contribution in [-0.4, -0.2) is 33.7 Å². The van der Waals surface area contributed by atoms with Gasteiger partial charge in [0, 0.05) is 6.54 Å². The molecule has 1 heterocycles. The van der Waals surface area contributed by atoms with Crippen molar-refractivity contribution < 1.29 is 9.63 Å². The topological polar surface area (TPSA) is 62.4 Å². The van der Waals surface area contributed by atoms with Gasteiger partial charge < -0.3 is 9.63 Å². The molecule has 0 bridgehead atoms. The Morgan fingerprint density at radius 2 is 1.76 bits per heavy atom. The molecule has 0 amide bonds. The Labute approximate surface area is 172 Å². The summed E-state index contributed by atoms with van der Waals surface area (Å²) < 4.78 is 5.62. The maximum atomic E-state index is 10.5. The third-order valence-corrected chi connectivity index (χ3v) is 6.03. The molecule has 1 aliphatic carbocycles. The van der Waals surface area contributed by atoms with E-state index in [0.29, 0.717) is 19.0 Å². The van der Waals surface area contributed by atoms with Crippen molar-refractivity contribution in [1.29, 1.82) is 0 Å². The number of aliphatic hydroxyl groups is 1. The second-order valence-electron chi connectivity index (χ2n) is 8.29. The zero-order valence-corrected chi connectivity index (χ0v) is 17.2. The zero-order chi connectivity index (χ0) is 20.3. The molecule has 0 saturated heterocycles. The van der Waals surface area contributed by atoms with Gasteiger partial charge in [-0.15, -0.1) is 0 Å². The molecule has 1 saturated carbocycles. The van der Waals surface area contributed by atoms with E-state index in [1.165, 1.54) is 24.0 Å². The minimum atomic E-state index is -0.544. The standard InChI is InChI=1S/C24H29N3O2/c1-18-10-12-20(13-11-18)24(14-6-7-15-24)23-25-22(29-26-23)17-27(2)16-21(28)19-8-4-3-5-9-19/h3-5,8-13,21,28H,6-7,14-17H2,1-2H3/t21-/m0/s1. The fourth-order valence-corrected chi connectivity index (χ4v) is 4.38. The summed E-state index contributed by atoms with van der Waals surface area (Å²) in [6.07, 6.45) is 3.93. The van der Waals surface area contributed by atoms with E-state index < -0.39 is 6.10 Å². The van der Waals surface area contributed by atoms with E-state index in [4.69, 9.17) is 9.51 Å². The molecule has 1 aliphatic rings. The normalized spacial score (nSPS) is 17.0. The van der Waals surface area contributed by atoms with Crippen molar-refractivity contribution in [2.24, 2.45) is 0 Å². The SMILES string of the molecule is Cc1ccc(C2(c3noc(CN(C)C[C@H](O)c4ccccc4)n3)CCCC2)cc1. The average molecular weight is 392 g/mol. The summed E-state index contributed by atoms with van der Waals surface area (Å²) in [6.45, 7) is 3.13. The van der Waals surface area contributed by atoms with Crippen LogP contribution < -0.4 is 0 Å². The summed E-state index contributed by atoms with van der Waals surface area (Å²) in [4.78, 5) is 6.80. The number of rotatable bonds is 7. The maximum absolute atomic E-state index is 10.5. The van der Waals surface area contributed by atoms with Gasteiger partial charge >= 0.3 is 0 Å². The van der Waals surface area contributed by atoms with Crippen LogP contribution in [0.1, 0.15) is 60.2 Å². The quantitative estimate of drug-likeness (QED) is 0.647. The van der Waals surface area contributed by atoms with Gasteiger partial charge in [0.2, 0.25) is 5.89 Å². The third-order valence-electron chi connectivity index (χ3n) is 6.03. The van der Waals surface area contributed by atoms with E-state index in [0.717, 1.165) is 24.2 Å². The van der Waals surface area contributed by atoms with Crippen LogP contribution in [0.5, 0.6) is 0 Å². The van der Waals surface area contributed by atoms with Crippen LogP contribution in [0.3, 0.4) is 0 Å².